The van der Waals surface area contributed by atoms with Crippen LogP contribution in [0.15, 0.2) is 0 Å². The van der Waals surface area contributed by atoms with Gasteiger partial charge in [-0.2, -0.15) is 0 Å². The van der Waals surface area contributed by atoms with Crippen molar-refractivity contribution >= 4 is 17.9 Å². The summed E-state index contributed by atoms with van der Waals surface area (Å²) in [5.74, 6) is -1.54. The number of aliphatic carboxylic acids is 1. The van der Waals surface area contributed by atoms with Gasteiger partial charge in [0, 0.05) is 52.2 Å². The lowest BCUT2D eigenvalue weighted by Crippen LogP contribution is -2.50. The van der Waals surface area contributed by atoms with Crippen LogP contribution in [0.2, 0.25) is 0 Å². The van der Waals surface area contributed by atoms with E-state index in [4.69, 9.17) is 9.84 Å². The van der Waals surface area contributed by atoms with Gasteiger partial charge in [-0.05, 0) is 25.7 Å². The number of hydrogen-bond donors (Lipinski definition) is 2. The SMILES string of the molecule is COCCC(NC(=O)C1CCN(C(=O)N2CCCC2)CC1)C(=O)O. The lowest BCUT2D eigenvalue weighted by atomic mass is 9.95. The number of rotatable bonds is 6. The average molecular weight is 341 g/mol. The number of carbonyl (C=O) groups is 3. The van der Waals surface area contributed by atoms with Gasteiger partial charge in [0.05, 0.1) is 0 Å². The molecule has 0 saturated carbocycles. The second-order valence-electron chi connectivity index (χ2n) is 6.42. The predicted octanol–water partition coefficient (Wildman–Crippen LogP) is 0.520. The monoisotopic (exact) mass is 341 g/mol. The summed E-state index contributed by atoms with van der Waals surface area (Å²) in [6.07, 6.45) is 3.50. The van der Waals surface area contributed by atoms with E-state index >= 15 is 0 Å². The number of ether oxygens (including phenoxy) is 1. The molecule has 0 aromatic heterocycles. The summed E-state index contributed by atoms with van der Waals surface area (Å²) in [6, 6.07) is -0.864. The Kier molecular flexibility index (Phi) is 6.84. The molecule has 8 heteroatoms. The van der Waals surface area contributed by atoms with Gasteiger partial charge in [-0.25, -0.2) is 9.59 Å². The fraction of sp³-hybridized carbons (Fsp3) is 0.812. The zero-order valence-corrected chi connectivity index (χ0v) is 14.2. The standard InChI is InChI=1S/C16H27N3O5/c1-24-11-6-13(15(21)22)17-14(20)12-4-9-19(10-5-12)16(23)18-7-2-3-8-18/h12-13H,2-11H2,1H3,(H,17,20)(H,21,22). The minimum Gasteiger partial charge on any atom is -0.480 e. The number of carboxylic acids is 1. The van der Waals surface area contributed by atoms with E-state index in [1.54, 1.807) is 4.90 Å². The molecule has 2 rings (SSSR count). The number of amides is 3. The van der Waals surface area contributed by atoms with Crippen LogP contribution in [-0.4, -0.2) is 78.8 Å². The highest BCUT2D eigenvalue weighted by atomic mass is 16.5. The first-order valence-corrected chi connectivity index (χ1v) is 8.59. The van der Waals surface area contributed by atoms with Gasteiger partial charge >= 0.3 is 12.0 Å². The van der Waals surface area contributed by atoms with Gasteiger partial charge in [-0.1, -0.05) is 0 Å². The lowest BCUT2D eigenvalue weighted by molar-refractivity contribution is -0.143. The minimum absolute atomic E-state index is 0.0647. The molecule has 2 fully saturated rings. The zero-order chi connectivity index (χ0) is 17.5. The van der Waals surface area contributed by atoms with Crippen LogP contribution in [0, 0.1) is 5.92 Å². The summed E-state index contributed by atoms with van der Waals surface area (Å²) >= 11 is 0. The molecule has 0 bridgehead atoms. The molecule has 0 aliphatic carbocycles. The van der Waals surface area contributed by atoms with E-state index in [1.807, 2.05) is 4.90 Å². The van der Waals surface area contributed by atoms with Crippen molar-refractivity contribution in [3.05, 3.63) is 0 Å². The first-order valence-electron chi connectivity index (χ1n) is 8.59. The van der Waals surface area contributed by atoms with Crippen molar-refractivity contribution in [3.8, 4) is 0 Å². The van der Waals surface area contributed by atoms with E-state index in [1.165, 1.54) is 7.11 Å². The fourth-order valence-corrected chi connectivity index (χ4v) is 3.22. The van der Waals surface area contributed by atoms with Gasteiger partial charge in [0.25, 0.3) is 0 Å². The quantitative estimate of drug-likeness (QED) is 0.734. The topological polar surface area (TPSA) is 99.2 Å². The Balaban J connectivity index is 1.79. The third kappa shape index (κ3) is 4.83. The molecule has 1 atom stereocenters. The number of methoxy groups -OCH3 is 1. The molecule has 2 heterocycles. The molecule has 0 aromatic rings. The summed E-state index contributed by atoms with van der Waals surface area (Å²) in [4.78, 5) is 39.5. The Bertz CT molecular complexity index is 457. The number of piperidine rings is 1. The van der Waals surface area contributed by atoms with Crippen LogP contribution < -0.4 is 5.32 Å². The molecule has 1 unspecified atom stereocenters. The van der Waals surface area contributed by atoms with Crippen molar-refractivity contribution in [2.45, 2.75) is 38.1 Å². The molecule has 0 radical (unpaired) electrons. The summed E-state index contributed by atoms with van der Waals surface area (Å²) in [6.45, 7) is 3.00. The smallest absolute Gasteiger partial charge is 0.326 e. The summed E-state index contributed by atoms with van der Waals surface area (Å²) in [5.41, 5.74) is 0. The minimum atomic E-state index is -1.05. The van der Waals surface area contributed by atoms with Crippen molar-refractivity contribution in [1.82, 2.24) is 15.1 Å². The van der Waals surface area contributed by atoms with Gasteiger partial charge in [-0.3, -0.25) is 4.79 Å². The normalized spacial score (nSPS) is 20.0. The highest BCUT2D eigenvalue weighted by Crippen LogP contribution is 2.20. The fourth-order valence-electron chi connectivity index (χ4n) is 3.22. The number of carbonyl (C=O) groups excluding carboxylic acids is 2. The van der Waals surface area contributed by atoms with E-state index in [-0.39, 0.29) is 30.9 Å². The molecule has 8 nitrogen and oxygen atoms in total. The molecule has 136 valence electrons. The second kappa shape index (κ2) is 8.86. The van der Waals surface area contributed by atoms with Gasteiger partial charge in [0.15, 0.2) is 0 Å². The first-order chi connectivity index (χ1) is 11.5. The first kappa shape index (κ1) is 18.5. The Labute approximate surface area is 142 Å². The average Bonchev–Trinajstić information content (AvgIpc) is 3.12. The summed E-state index contributed by atoms with van der Waals surface area (Å²) < 4.78 is 4.88. The van der Waals surface area contributed by atoms with E-state index < -0.39 is 12.0 Å². The van der Waals surface area contributed by atoms with Crippen LogP contribution in [0.3, 0.4) is 0 Å². The van der Waals surface area contributed by atoms with Crippen molar-refractivity contribution < 1.29 is 24.2 Å². The van der Waals surface area contributed by atoms with Crippen molar-refractivity contribution in [1.29, 1.82) is 0 Å². The number of urea groups is 1. The zero-order valence-electron chi connectivity index (χ0n) is 14.2. The van der Waals surface area contributed by atoms with Gasteiger partial charge in [0.2, 0.25) is 5.91 Å². The summed E-state index contributed by atoms with van der Waals surface area (Å²) in [7, 11) is 1.49. The van der Waals surface area contributed by atoms with E-state index in [0.717, 1.165) is 25.9 Å². The number of carboxylic acid groups (broad SMARTS) is 1. The highest BCUT2D eigenvalue weighted by Gasteiger charge is 2.32. The molecule has 2 aliphatic heterocycles. The van der Waals surface area contributed by atoms with Crippen LogP contribution in [0.1, 0.15) is 32.1 Å². The Morgan fingerprint density at radius 3 is 2.25 bits per heavy atom. The maximum absolute atomic E-state index is 12.3. The molecule has 2 saturated heterocycles. The molecular weight excluding hydrogens is 314 g/mol. The van der Waals surface area contributed by atoms with Crippen LogP contribution in [0.5, 0.6) is 0 Å². The van der Waals surface area contributed by atoms with Crippen molar-refractivity contribution in [2.75, 3.05) is 39.9 Å². The molecule has 24 heavy (non-hydrogen) atoms. The predicted molar refractivity (Wildman–Crippen MR) is 86.6 cm³/mol. The van der Waals surface area contributed by atoms with E-state index in [9.17, 15) is 14.4 Å². The van der Waals surface area contributed by atoms with Crippen molar-refractivity contribution in [3.63, 3.8) is 0 Å². The van der Waals surface area contributed by atoms with Gasteiger partial charge in [-0.15, -0.1) is 0 Å². The van der Waals surface area contributed by atoms with Crippen LogP contribution in [0.25, 0.3) is 0 Å². The van der Waals surface area contributed by atoms with E-state index in [0.29, 0.717) is 25.9 Å². The Morgan fingerprint density at radius 1 is 1.12 bits per heavy atom. The van der Waals surface area contributed by atoms with Crippen LogP contribution >= 0.6 is 0 Å². The van der Waals surface area contributed by atoms with Gasteiger partial charge < -0.3 is 25.0 Å². The Morgan fingerprint density at radius 2 is 1.71 bits per heavy atom. The Hall–Kier alpha value is -1.83. The molecular formula is C16H27N3O5. The van der Waals surface area contributed by atoms with Crippen molar-refractivity contribution in [2.24, 2.45) is 5.92 Å². The number of hydrogen-bond acceptors (Lipinski definition) is 4. The van der Waals surface area contributed by atoms with Crippen LogP contribution in [-0.2, 0) is 14.3 Å². The second-order valence-corrected chi connectivity index (χ2v) is 6.42. The van der Waals surface area contributed by atoms with Gasteiger partial charge in [0.1, 0.15) is 6.04 Å². The number of nitrogens with one attached hydrogen (secondary N) is 1. The maximum Gasteiger partial charge on any atom is 0.326 e. The number of nitrogens with zero attached hydrogens (tertiary/aromatic N) is 2. The molecule has 0 spiro atoms. The third-order valence-electron chi connectivity index (χ3n) is 4.74. The highest BCUT2D eigenvalue weighted by molar-refractivity contribution is 5.85. The lowest BCUT2D eigenvalue weighted by Gasteiger charge is -2.34. The number of likely N-dealkylation sites (tertiary alicyclic amines) is 2. The summed E-state index contributed by atoms with van der Waals surface area (Å²) in [5, 5.41) is 11.7. The molecule has 3 amide bonds. The largest absolute Gasteiger partial charge is 0.480 e. The maximum atomic E-state index is 12.3. The van der Waals surface area contributed by atoms with Crippen LogP contribution in [0.4, 0.5) is 4.79 Å². The van der Waals surface area contributed by atoms with E-state index in [2.05, 4.69) is 5.32 Å². The third-order valence-corrected chi connectivity index (χ3v) is 4.74. The molecule has 2 N–H and O–H groups in total. The molecule has 2 aliphatic rings. The molecule has 0 aromatic carbocycles.